The van der Waals surface area contributed by atoms with Crippen LogP contribution in [0.2, 0.25) is 0 Å². The molecule has 0 heterocycles. The van der Waals surface area contributed by atoms with Gasteiger partial charge < -0.3 is 15.5 Å². The summed E-state index contributed by atoms with van der Waals surface area (Å²) >= 11 is 0. The van der Waals surface area contributed by atoms with Crippen molar-refractivity contribution in [3.63, 3.8) is 0 Å². The van der Waals surface area contributed by atoms with Gasteiger partial charge in [-0.25, -0.2) is 0 Å². The smallest absolute Gasteiger partial charge is 0.226 e. The molecule has 0 aromatic rings. The third-order valence-corrected chi connectivity index (χ3v) is 8.66. The first-order valence-electron chi connectivity index (χ1n) is 14.4. The second kappa shape index (κ2) is 13.8. The van der Waals surface area contributed by atoms with E-state index < -0.39 is 0 Å². The summed E-state index contributed by atoms with van der Waals surface area (Å²) in [6, 6.07) is 0. The molecule has 0 saturated heterocycles. The standard InChI is InChI=1S/C29H51NO3/c31-24-14-23-30-27(33)29(21-22-29)18-12-10-8-6-4-2-1-3-5-7-9-11-17-28(19-20-28)26(32)25-15-13-16-25/h31-32H,1-24H2,(H,30,33). The Kier molecular flexibility index (Phi) is 11.1. The van der Waals surface area contributed by atoms with Gasteiger partial charge in [-0.2, -0.15) is 0 Å². The lowest BCUT2D eigenvalue weighted by atomic mass is 9.84. The van der Waals surface area contributed by atoms with Gasteiger partial charge in [-0.05, 0) is 69.8 Å². The number of allylic oxidation sites excluding steroid dienone is 2. The molecule has 3 rings (SSSR count). The molecule has 1 amide bonds. The summed E-state index contributed by atoms with van der Waals surface area (Å²) in [6.45, 7) is 0.763. The summed E-state index contributed by atoms with van der Waals surface area (Å²) in [7, 11) is 0. The van der Waals surface area contributed by atoms with E-state index in [1.54, 1.807) is 0 Å². The van der Waals surface area contributed by atoms with E-state index in [1.807, 2.05) is 0 Å². The summed E-state index contributed by atoms with van der Waals surface area (Å²) < 4.78 is 0. The molecule has 3 aliphatic carbocycles. The van der Waals surface area contributed by atoms with E-state index in [1.165, 1.54) is 108 Å². The first-order chi connectivity index (χ1) is 16.1. The van der Waals surface area contributed by atoms with E-state index in [2.05, 4.69) is 5.32 Å². The Balaban J connectivity index is 1.06. The predicted molar refractivity (Wildman–Crippen MR) is 136 cm³/mol. The summed E-state index contributed by atoms with van der Waals surface area (Å²) in [5.74, 6) is 1.03. The van der Waals surface area contributed by atoms with E-state index in [0.717, 1.165) is 37.9 Å². The van der Waals surface area contributed by atoms with Gasteiger partial charge in [-0.1, -0.05) is 77.0 Å². The van der Waals surface area contributed by atoms with Gasteiger partial charge in [0, 0.05) is 24.0 Å². The Morgan fingerprint density at radius 3 is 1.55 bits per heavy atom. The lowest BCUT2D eigenvalue weighted by Gasteiger charge is -2.24. The number of rotatable bonds is 20. The van der Waals surface area contributed by atoms with Crippen molar-refractivity contribution in [2.45, 2.75) is 141 Å². The normalized spacial score (nSPS) is 19.7. The number of carbonyl (C=O) groups is 1. The van der Waals surface area contributed by atoms with Crippen molar-refractivity contribution in [2.75, 3.05) is 13.2 Å². The summed E-state index contributed by atoms with van der Waals surface area (Å²) in [4.78, 5) is 12.3. The first-order valence-corrected chi connectivity index (χ1v) is 14.4. The number of aliphatic hydroxyl groups excluding tert-OH is 2. The maximum Gasteiger partial charge on any atom is 0.226 e. The number of carbonyl (C=O) groups excluding carboxylic acids is 1. The van der Waals surface area contributed by atoms with Gasteiger partial charge >= 0.3 is 0 Å². The van der Waals surface area contributed by atoms with Crippen molar-refractivity contribution in [3.8, 4) is 0 Å². The molecule has 3 fully saturated rings. The van der Waals surface area contributed by atoms with Gasteiger partial charge in [0.25, 0.3) is 0 Å². The lowest BCUT2D eigenvalue weighted by Crippen LogP contribution is -2.33. The number of amides is 1. The fraction of sp³-hybridized carbons (Fsp3) is 0.897. The molecule has 3 N–H and O–H groups in total. The molecule has 0 radical (unpaired) electrons. The van der Waals surface area contributed by atoms with Crippen molar-refractivity contribution < 1.29 is 15.0 Å². The average Bonchev–Trinajstić information content (AvgIpc) is 3.69. The molecule has 4 heteroatoms. The zero-order valence-electron chi connectivity index (χ0n) is 21.3. The number of hydrogen-bond donors (Lipinski definition) is 3. The Labute approximate surface area is 203 Å². The predicted octanol–water partition coefficient (Wildman–Crippen LogP) is 7.50. The molecule has 3 saturated carbocycles. The van der Waals surface area contributed by atoms with E-state index in [9.17, 15) is 9.90 Å². The summed E-state index contributed by atoms with van der Waals surface area (Å²) in [5, 5.41) is 22.3. The topological polar surface area (TPSA) is 69.6 Å². The molecule has 3 aliphatic rings. The molecule has 0 aromatic heterocycles. The highest BCUT2D eigenvalue weighted by Gasteiger charge is 2.48. The SMILES string of the molecule is O=C(NCCCO)C1(CCCCCCCCCCCCCCC2(C(O)=C3CCC3)CC2)CC1. The molecule has 0 bridgehead atoms. The molecule has 0 aliphatic heterocycles. The van der Waals surface area contributed by atoms with E-state index in [4.69, 9.17) is 5.11 Å². The van der Waals surface area contributed by atoms with Crippen LogP contribution in [0.1, 0.15) is 141 Å². The minimum absolute atomic E-state index is 0.0527. The molecule has 0 aromatic carbocycles. The Morgan fingerprint density at radius 2 is 1.15 bits per heavy atom. The van der Waals surface area contributed by atoms with Gasteiger partial charge in [-0.3, -0.25) is 4.79 Å². The highest BCUT2D eigenvalue weighted by Crippen LogP contribution is 2.57. The maximum absolute atomic E-state index is 12.3. The zero-order chi connectivity index (χ0) is 23.4. The molecular weight excluding hydrogens is 410 g/mol. The van der Waals surface area contributed by atoms with Crippen molar-refractivity contribution in [2.24, 2.45) is 10.8 Å². The van der Waals surface area contributed by atoms with Crippen LogP contribution in [0.25, 0.3) is 0 Å². The first kappa shape index (κ1) is 26.6. The van der Waals surface area contributed by atoms with Gasteiger partial charge in [0.1, 0.15) is 0 Å². The van der Waals surface area contributed by atoms with Crippen LogP contribution in [0.15, 0.2) is 11.3 Å². The number of hydrogen-bond acceptors (Lipinski definition) is 3. The van der Waals surface area contributed by atoms with Crippen LogP contribution in [0.3, 0.4) is 0 Å². The summed E-state index contributed by atoms with van der Waals surface area (Å²) in [6.07, 6.45) is 27.1. The van der Waals surface area contributed by atoms with Crippen LogP contribution in [0.4, 0.5) is 0 Å². The van der Waals surface area contributed by atoms with Crippen LogP contribution in [0.5, 0.6) is 0 Å². The molecule has 0 spiro atoms. The van der Waals surface area contributed by atoms with Crippen LogP contribution in [0, 0.1) is 10.8 Å². The molecule has 190 valence electrons. The number of unbranched alkanes of at least 4 members (excludes halogenated alkanes) is 11. The van der Waals surface area contributed by atoms with Crippen molar-refractivity contribution in [1.29, 1.82) is 0 Å². The second-order valence-electron chi connectivity index (χ2n) is 11.4. The second-order valence-corrected chi connectivity index (χ2v) is 11.4. The van der Waals surface area contributed by atoms with E-state index in [0.29, 0.717) is 13.0 Å². The lowest BCUT2D eigenvalue weighted by molar-refractivity contribution is -0.126. The van der Waals surface area contributed by atoms with Gasteiger partial charge in [0.2, 0.25) is 5.91 Å². The van der Waals surface area contributed by atoms with Crippen LogP contribution < -0.4 is 5.32 Å². The quantitative estimate of drug-likeness (QED) is 0.130. The number of nitrogens with one attached hydrogen (secondary N) is 1. The molecule has 33 heavy (non-hydrogen) atoms. The molecular formula is C29H51NO3. The molecule has 0 atom stereocenters. The summed E-state index contributed by atoms with van der Waals surface area (Å²) in [5.41, 5.74) is 1.54. The zero-order valence-corrected chi connectivity index (χ0v) is 21.3. The van der Waals surface area contributed by atoms with Gasteiger partial charge in [0.15, 0.2) is 0 Å². The third kappa shape index (κ3) is 8.60. The minimum atomic E-state index is -0.0527. The third-order valence-electron chi connectivity index (χ3n) is 8.66. The fourth-order valence-corrected chi connectivity index (χ4v) is 5.63. The largest absolute Gasteiger partial charge is 0.512 e. The van der Waals surface area contributed by atoms with Gasteiger partial charge in [0.05, 0.1) is 5.76 Å². The van der Waals surface area contributed by atoms with Crippen LogP contribution in [-0.2, 0) is 4.79 Å². The maximum atomic E-state index is 12.3. The fourth-order valence-electron chi connectivity index (χ4n) is 5.63. The van der Waals surface area contributed by atoms with Crippen molar-refractivity contribution >= 4 is 5.91 Å². The highest BCUT2D eigenvalue weighted by atomic mass is 16.3. The molecule has 4 nitrogen and oxygen atoms in total. The van der Waals surface area contributed by atoms with Crippen molar-refractivity contribution in [3.05, 3.63) is 11.3 Å². The van der Waals surface area contributed by atoms with Crippen LogP contribution in [-0.4, -0.2) is 29.3 Å². The Hall–Kier alpha value is -1.03. The average molecular weight is 462 g/mol. The van der Waals surface area contributed by atoms with Crippen LogP contribution >= 0.6 is 0 Å². The van der Waals surface area contributed by atoms with Crippen molar-refractivity contribution in [1.82, 2.24) is 5.32 Å². The number of aliphatic hydroxyl groups is 2. The van der Waals surface area contributed by atoms with E-state index in [-0.39, 0.29) is 23.3 Å². The highest BCUT2D eigenvalue weighted by molar-refractivity contribution is 5.85. The minimum Gasteiger partial charge on any atom is -0.512 e. The Bertz CT molecular complexity index is 612. The molecule has 0 unspecified atom stereocenters. The Morgan fingerprint density at radius 1 is 0.697 bits per heavy atom. The monoisotopic (exact) mass is 461 g/mol. The van der Waals surface area contributed by atoms with E-state index >= 15 is 0 Å². The van der Waals surface area contributed by atoms with Gasteiger partial charge in [-0.15, -0.1) is 0 Å².